The third kappa shape index (κ3) is 4.60. The first-order chi connectivity index (χ1) is 11.5. The first kappa shape index (κ1) is 17.6. The van der Waals surface area contributed by atoms with Gasteiger partial charge in [-0.25, -0.2) is 8.78 Å². The molecule has 24 heavy (non-hydrogen) atoms. The highest BCUT2D eigenvalue weighted by molar-refractivity contribution is 6.39. The summed E-state index contributed by atoms with van der Waals surface area (Å²) in [6.45, 7) is -0.285. The van der Waals surface area contributed by atoms with Crippen LogP contribution in [-0.2, 0) is 16.1 Å². The maximum atomic E-state index is 13.5. The molecule has 0 fully saturated rings. The van der Waals surface area contributed by atoms with Gasteiger partial charge in [0.1, 0.15) is 11.6 Å². The molecule has 0 aliphatic carbocycles. The van der Waals surface area contributed by atoms with Gasteiger partial charge in [0.15, 0.2) is 0 Å². The summed E-state index contributed by atoms with van der Waals surface area (Å²) in [4.78, 5) is 25.4. The molecule has 0 aliphatic rings. The largest absolute Gasteiger partial charge is 0.395 e. The van der Waals surface area contributed by atoms with Gasteiger partial charge in [0.05, 0.1) is 12.3 Å². The van der Waals surface area contributed by atoms with Crippen molar-refractivity contribution in [2.24, 2.45) is 0 Å². The van der Waals surface area contributed by atoms with Gasteiger partial charge in [-0.05, 0) is 17.7 Å². The maximum Gasteiger partial charge on any atom is 0.313 e. The van der Waals surface area contributed by atoms with E-state index in [0.29, 0.717) is 0 Å². The van der Waals surface area contributed by atoms with Crippen LogP contribution in [-0.4, -0.2) is 35.0 Å². The molecule has 2 amide bonds. The van der Waals surface area contributed by atoms with Crippen LogP contribution in [0.5, 0.6) is 0 Å². The highest BCUT2D eigenvalue weighted by Gasteiger charge is 2.23. The fraction of sp³-hybridized carbons (Fsp3) is 0.176. The Bertz CT molecular complexity index is 723. The van der Waals surface area contributed by atoms with E-state index in [1.165, 1.54) is 0 Å². The third-order valence-corrected chi connectivity index (χ3v) is 3.24. The number of anilines is 1. The molecule has 2 aromatic rings. The van der Waals surface area contributed by atoms with Crippen LogP contribution in [0.1, 0.15) is 5.56 Å². The number of halogens is 2. The topological polar surface area (TPSA) is 69.6 Å². The Labute approximate surface area is 137 Å². The number of aliphatic hydroxyl groups is 1. The van der Waals surface area contributed by atoms with Crippen LogP contribution in [0, 0.1) is 11.6 Å². The second-order valence-corrected chi connectivity index (χ2v) is 5.01. The van der Waals surface area contributed by atoms with Crippen molar-refractivity contribution in [3.8, 4) is 0 Å². The van der Waals surface area contributed by atoms with Gasteiger partial charge in [0.25, 0.3) is 0 Å². The lowest BCUT2D eigenvalue weighted by molar-refractivity contribution is -0.143. The van der Waals surface area contributed by atoms with Crippen LogP contribution in [0.15, 0.2) is 48.5 Å². The fourth-order valence-corrected chi connectivity index (χ4v) is 2.09. The lowest BCUT2D eigenvalue weighted by atomic mass is 10.2. The lowest BCUT2D eigenvalue weighted by Crippen LogP contribution is -2.41. The monoisotopic (exact) mass is 334 g/mol. The average Bonchev–Trinajstić information content (AvgIpc) is 2.58. The van der Waals surface area contributed by atoms with E-state index in [9.17, 15) is 18.4 Å². The van der Waals surface area contributed by atoms with Crippen LogP contribution < -0.4 is 5.32 Å². The van der Waals surface area contributed by atoms with E-state index in [4.69, 9.17) is 5.11 Å². The molecule has 0 radical (unpaired) electrons. The van der Waals surface area contributed by atoms with Crippen LogP contribution in [0.3, 0.4) is 0 Å². The van der Waals surface area contributed by atoms with Gasteiger partial charge in [0, 0.05) is 19.2 Å². The Hall–Kier alpha value is -2.80. The second kappa shape index (κ2) is 8.16. The van der Waals surface area contributed by atoms with Crippen LogP contribution >= 0.6 is 0 Å². The molecule has 0 atom stereocenters. The molecule has 0 saturated carbocycles. The molecule has 0 aliphatic heterocycles. The molecular formula is C17H16F2N2O3. The van der Waals surface area contributed by atoms with Gasteiger partial charge in [-0.3, -0.25) is 9.59 Å². The number of carbonyl (C=O) groups excluding carboxylic acids is 2. The Kier molecular flexibility index (Phi) is 5.97. The van der Waals surface area contributed by atoms with E-state index in [1.54, 1.807) is 30.3 Å². The van der Waals surface area contributed by atoms with E-state index < -0.39 is 29.1 Å². The van der Waals surface area contributed by atoms with Crippen molar-refractivity contribution in [3.63, 3.8) is 0 Å². The van der Waals surface area contributed by atoms with Crippen molar-refractivity contribution in [3.05, 3.63) is 65.7 Å². The molecule has 5 nitrogen and oxygen atoms in total. The van der Waals surface area contributed by atoms with Gasteiger partial charge in [-0.1, -0.05) is 30.3 Å². The van der Waals surface area contributed by atoms with E-state index in [-0.39, 0.29) is 19.7 Å². The maximum absolute atomic E-state index is 13.5. The molecule has 0 spiro atoms. The summed E-state index contributed by atoms with van der Waals surface area (Å²) >= 11 is 0. The predicted octanol–water partition coefficient (Wildman–Crippen LogP) is 1.92. The standard InChI is InChI=1S/C17H16F2N2O3/c18-13-6-7-14(19)15(10-13)20-16(23)17(24)21(8-9-22)11-12-4-2-1-3-5-12/h1-7,10,22H,8-9,11H2,(H,20,23). The summed E-state index contributed by atoms with van der Waals surface area (Å²) in [7, 11) is 0. The van der Waals surface area contributed by atoms with Crippen LogP contribution in [0.4, 0.5) is 14.5 Å². The van der Waals surface area contributed by atoms with Crippen molar-refractivity contribution in [1.82, 2.24) is 4.90 Å². The van der Waals surface area contributed by atoms with Crippen molar-refractivity contribution in [1.29, 1.82) is 0 Å². The Balaban J connectivity index is 2.10. The summed E-state index contributed by atoms with van der Waals surface area (Å²) in [6, 6.07) is 11.4. The molecule has 2 N–H and O–H groups in total. The molecule has 2 rings (SSSR count). The van der Waals surface area contributed by atoms with Gasteiger partial charge in [-0.2, -0.15) is 0 Å². The fourth-order valence-electron chi connectivity index (χ4n) is 2.09. The van der Waals surface area contributed by atoms with Gasteiger partial charge in [-0.15, -0.1) is 0 Å². The van der Waals surface area contributed by atoms with Crippen LogP contribution in [0.25, 0.3) is 0 Å². The summed E-state index contributed by atoms with van der Waals surface area (Å²) in [6.07, 6.45) is 0. The number of aliphatic hydroxyl groups excluding tert-OH is 1. The summed E-state index contributed by atoms with van der Waals surface area (Å²) in [5, 5.41) is 11.1. The Morgan fingerprint density at radius 3 is 2.46 bits per heavy atom. The lowest BCUT2D eigenvalue weighted by Gasteiger charge is -2.21. The van der Waals surface area contributed by atoms with Crippen molar-refractivity contribution < 1.29 is 23.5 Å². The van der Waals surface area contributed by atoms with Gasteiger partial charge >= 0.3 is 11.8 Å². The summed E-state index contributed by atoms with van der Waals surface area (Å²) in [5.74, 6) is -3.65. The number of rotatable bonds is 5. The van der Waals surface area contributed by atoms with E-state index in [1.807, 2.05) is 5.32 Å². The number of nitrogens with zero attached hydrogens (tertiary/aromatic N) is 1. The molecular weight excluding hydrogens is 318 g/mol. The van der Waals surface area contributed by atoms with Crippen molar-refractivity contribution in [2.45, 2.75) is 6.54 Å². The normalized spacial score (nSPS) is 10.3. The zero-order chi connectivity index (χ0) is 17.5. The van der Waals surface area contributed by atoms with Crippen LogP contribution in [0.2, 0.25) is 0 Å². The van der Waals surface area contributed by atoms with Gasteiger partial charge < -0.3 is 15.3 Å². The third-order valence-electron chi connectivity index (χ3n) is 3.24. The van der Waals surface area contributed by atoms with Gasteiger partial charge in [0.2, 0.25) is 0 Å². The van der Waals surface area contributed by atoms with E-state index >= 15 is 0 Å². The quantitative estimate of drug-likeness (QED) is 0.821. The number of hydrogen-bond donors (Lipinski definition) is 2. The molecule has 2 aromatic carbocycles. The Morgan fingerprint density at radius 1 is 1.08 bits per heavy atom. The average molecular weight is 334 g/mol. The molecule has 0 bridgehead atoms. The minimum Gasteiger partial charge on any atom is -0.395 e. The van der Waals surface area contributed by atoms with E-state index in [0.717, 1.165) is 28.7 Å². The molecule has 126 valence electrons. The zero-order valence-electron chi connectivity index (χ0n) is 12.7. The highest BCUT2D eigenvalue weighted by Crippen LogP contribution is 2.15. The molecule has 7 heteroatoms. The number of carbonyl (C=O) groups is 2. The minimum absolute atomic E-state index is 0.0627. The molecule has 0 unspecified atom stereocenters. The molecule has 0 saturated heterocycles. The number of benzene rings is 2. The summed E-state index contributed by atoms with van der Waals surface area (Å²) < 4.78 is 26.7. The number of nitrogens with one attached hydrogen (secondary N) is 1. The highest BCUT2D eigenvalue weighted by atomic mass is 19.1. The van der Waals surface area contributed by atoms with Crippen molar-refractivity contribution in [2.75, 3.05) is 18.5 Å². The van der Waals surface area contributed by atoms with E-state index in [2.05, 4.69) is 0 Å². The molecule has 0 heterocycles. The smallest absolute Gasteiger partial charge is 0.313 e. The SMILES string of the molecule is O=C(Nc1cc(F)ccc1F)C(=O)N(CCO)Cc1ccccc1. The summed E-state index contributed by atoms with van der Waals surface area (Å²) in [5.41, 5.74) is 0.348. The first-order valence-electron chi connectivity index (χ1n) is 7.21. The number of amides is 2. The Morgan fingerprint density at radius 2 is 1.79 bits per heavy atom. The predicted molar refractivity (Wildman–Crippen MR) is 83.9 cm³/mol. The second-order valence-electron chi connectivity index (χ2n) is 5.01. The molecule has 0 aromatic heterocycles. The van der Waals surface area contributed by atoms with Crippen molar-refractivity contribution >= 4 is 17.5 Å². The number of hydrogen-bond acceptors (Lipinski definition) is 3. The minimum atomic E-state index is -1.11. The first-order valence-corrected chi connectivity index (χ1v) is 7.21. The zero-order valence-corrected chi connectivity index (χ0v) is 12.7.